The van der Waals surface area contributed by atoms with Crippen LogP contribution in [0, 0.1) is 12.7 Å². The Bertz CT molecular complexity index is 689. The SMILES string of the molecule is Cc1c(N)cc(C(=O)NCC2Cc3ccccc32)cc1F. The van der Waals surface area contributed by atoms with Gasteiger partial charge in [0.05, 0.1) is 0 Å². The summed E-state index contributed by atoms with van der Waals surface area (Å²) in [6.07, 6.45) is 0.973. The molecule has 0 aliphatic heterocycles. The lowest BCUT2D eigenvalue weighted by atomic mass is 9.77. The molecule has 1 unspecified atom stereocenters. The molecular formula is C17H17FN2O. The third-order valence-corrected chi connectivity index (χ3v) is 4.12. The fourth-order valence-corrected chi connectivity index (χ4v) is 2.69. The molecule has 1 atom stereocenters. The first-order valence-electron chi connectivity index (χ1n) is 6.98. The molecule has 3 rings (SSSR count). The number of fused-ring (bicyclic) bond motifs is 1. The summed E-state index contributed by atoms with van der Waals surface area (Å²) in [6, 6.07) is 11.0. The van der Waals surface area contributed by atoms with Gasteiger partial charge in [0.15, 0.2) is 0 Å². The molecule has 0 bridgehead atoms. The van der Waals surface area contributed by atoms with Crippen LogP contribution < -0.4 is 11.1 Å². The number of nitrogens with one attached hydrogen (secondary N) is 1. The Hall–Kier alpha value is -2.36. The molecular weight excluding hydrogens is 267 g/mol. The lowest BCUT2D eigenvalue weighted by Crippen LogP contribution is -2.33. The highest BCUT2D eigenvalue weighted by Crippen LogP contribution is 2.34. The Balaban J connectivity index is 1.66. The highest BCUT2D eigenvalue weighted by Gasteiger charge is 2.25. The molecule has 0 radical (unpaired) electrons. The van der Waals surface area contributed by atoms with Gasteiger partial charge in [0.2, 0.25) is 0 Å². The number of rotatable bonds is 3. The van der Waals surface area contributed by atoms with Gasteiger partial charge in [-0.25, -0.2) is 4.39 Å². The van der Waals surface area contributed by atoms with Gasteiger partial charge in [0.1, 0.15) is 5.82 Å². The Morgan fingerprint density at radius 1 is 1.38 bits per heavy atom. The Morgan fingerprint density at radius 3 is 2.86 bits per heavy atom. The average molecular weight is 284 g/mol. The van der Waals surface area contributed by atoms with Crippen molar-refractivity contribution in [3.63, 3.8) is 0 Å². The van der Waals surface area contributed by atoms with Crippen LogP contribution in [-0.2, 0) is 6.42 Å². The van der Waals surface area contributed by atoms with E-state index in [0.29, 0.717) is 23.7 Å². The minimum Gasteiger partial charge on any atom is -0.398 e. The molecule has 3 N–H and O–H groups in total. The number of benzene rings is 2. The largest absolute Gasteiger partial charge is 0.398 e. The highest BCUT2D eigenvalue weighted by molar-refractivity contribution is 5.95. The van der Waals surface area contributed by atoms with Gasteiger partial charge >= 0.3 is 0 Å². The number of carbonyl (C=O) groups excluding carboxylic acids is 1. The lowest BCUT2D eigenvalue weighted by Gasteiger charge is -2.30. The van der Waals surface area contributed by atoms with E-state index in [0.717, 1.165) is 6.42 Å². The fourth-order valence-electron chi connectivity index (χ4n) is 2.69. The van der Waals surface area contributed by atoms with E-state index in [4.69, 9.17) is 5.73 Å². The van der Waals surface area contributed by atoms with Crippen LogP contribution in [0.25, 0.3) is 0 Å². The van der Waals surface area contributed by atoms with Crippen molar-refractivity contribution >= 4 is 11.6 Å². The smallest absolute Gasteiger partial charge is 0.251 e. The van der Waals surface area contributed by atoms with Gasteiger partial charge in [0, 0.05) is 29.3 Å². The van der Waals surface area contributed by atoms with Gasteiger partial charge in [0.25, 0.3) is 5.91 Å². The maximum Gasteiger partial charge on any atom is 0.251 e. The normalized spacial score (nSPS) is 16.0. The van der Waals surface area contributed by atoms with E-state index in [-0.39, 0.29) is 11.5 Å². The van der Waals surface area contributed by atoms with Crippen molar-refractivity contribution in [2.24, 2.45) is 0 Å². The van der Waals surface area contributed by atoms with Crippen LogP contribution in [-0.4, -0.2) is 12.5 Å². The van der Waals surface area contributed by atoms with Gasteiger partial charge < -0.3 is 11.1 Å². The number of hydrogen-bond donors (Lipinski definition) is 2. The van der Waals surface area contributed by atoms with Gasteiger partial charge in [-0.15, -0.1) is 0 Å². The zero-order valence-electron chi connectivity index (χ0n) is 11.8. The number of halogens is 1. The van der Waals surface area contributed by atoms with E-state index in [2.05, 4.69) is 17.4 Å². The van der Waals surface area contributed by atoms with E-state index in [9.17, 15) is 9.18 Å². The van der Waals surface area contributed by atoms with Crippen molar-refractivity contribution in [3.05, 3.63) is 64.5 Å². The topological polar surface area (TPSA) is 55.1 Å². The number of nitrogens with two attached hydrogens (primary N) is 1. The minimum atomic E-state index is -0.450. The molecule has 2 aromatic rings. The number of amides is 1. The summed E-state index contributed by atoms with van der Waals surface area (Å²) < 4.78 is 13.6. The summed E-state index contributed by atoms with van der Waals surface area (Å²) in [7, 11) is 0. The number of nitrogen functional groups attached to an aromatic ring is 1. The summed E-state index contributed by atoms with van der Waals surface area (Å²) >= 11 is 0. The van der Waals surface area contributed by atoms with E-state index in [1.54, 1.807) is 6.92 Å². The molecule has 0 saturated heterocycles. The summed E-state index contributed by atoms with van der Waals surface area (Å²) in [6.45, 7) is 2.16. The minimum absolute atomic E-state index is 0.267. The zero-order valence-corrected chi connectivity index (χ0v) is 11.8. The third kappa shape index (κ3) is 2.49. The summed E-state index contributed by atoms with van der Waals surface area (Å²) in [5, 5.41) is 2.85. The maximum atomic E-state index is 13.6. The summed E-state index contributed by atoms with van der Waals surface area (Å²) in [4.78, 5) is 12.1. The molecule has 0 aromatic heterocycles. The number of carbonyl (C=O) groups is 1. The first-order valence-corrected chi connectivity index (χ1v) is 6.98. The quantitative estimate of drug-likeness (QED) is 0.852. The van der Waals surface area contributed by atoms with Gasteiger partial charge in [-0.3, -0.25) is 4.79 Å². The summed E-state index contributed by atoms with van der Waals surface area (Å²) in [5.74, 6) is -0.392. The second kappa shape index (κ2) is 5.20. The second-order valence-corrected chi connectivity index (χ2v) is 5.48. The number of anilines is 1. The van der Waals surface area contributed by atoms with Crippen molar-refractivity contribution in [2.75, 3.05) is 12.3 Å². The monoisotopic (exact) mass is 284 g/mol. The van der Waals surface area contributed by atoms with Crippen LogP contribution in [0.5, 0.6) is 0 Å². The van der Waals surface area contributed by atoms with Gasteiger partial charge in [-0.05, 0) is 36.6 Å². The first kappa shape index (κ1) is 13.6. The van der Waals surface area contributed by atoms with Gasteiger partial charge in [-0.1, -0.05) is 24.3 Å². The van der Waals surface area contributed by atoms with Crippen LogP contribution in [0.3, 0.4) is 0 Å². The summed E-state index contributed by atoms with van der Waals surface area (Å²) in [5.41, 5.74) is 9.26. The predicted molar refractivity (Wildman–Crippen MR) is 80.8 cm³/mol. The standard InChI is InChI=1S/C17H17FN2O/c1-10-15(18)7-12(8-16(10)19)17(21)20-9-13-6-11-4-2-3-5-14(11)13/h2-5,7-8,13H,6,9,19H2,1H3,(H,20,21). The fraction of sp³-hybridized carbons (Fsp3) is 0.235. The van der Waals surface area contributed by atoms with E-state index in [1.807, 2.05) is 12.1 Å². The highest BCUT2D eigenvalue weighted by atomic mass is 19.1. The Kier molecular flexibility index (Phi) is 3.37. The molecule has 0 fully saturated rings. The van der Waals surface area contributed by atoms with Crippen LogP contribution in [0.1, 0.15) is 33.0 Å². The molecule has 21 heavy (non-hydrogen) atoms. The van der Waals surface area contributed by atoms with Crippen LogP contribution in [0.15, 0.2) is 36.4 Å². The van der Waals surface area contributed by atoms with Crippen LogP contribution in [0.4, 0.5) is 10.1 Å². The molecule has 1 aliphatic carbocycles. The Morgan fingerprint density at radius 2 is 2.14 bits per heavy atom. The molecule has 1 amide bonds. The third-order valence-electron chi connectivity index (χ3n) is 4.12. The van der Waals surface area contributed by atoms with Crippen molar-refractivity contribution < 1.29 is 9.18 Å². The maximum absolute atomic E-state index is 13.6. The van der Waals surface area contributed by atoms with E-state index < -0.39 is 5.82 Å². The van der Waals surface area contributed by atoms with Crippen molar-refractivity contribution in [2.45, 2.75) is 19.3 Å². The molecule has 2 aromatic carbocycles. The Labute approximate surface area is 123 Å². The molecule has 1 aliphatic rings. The lowest BCUT2D eigenvalue weighted by molar-refractivity contribution is 0.0949. The predicted octanol–water partition coefficient (Wildman–Crippen LogP) is 2.79. The van der Waals surface area contributed by atoms with Crippen molar-refractivity contribution in [3.8, 4) is 0 Å². The molecule has 0 heterocycles. The van der Waals surface area contributed by atoms with Gasteiger partial charge in [-0.2, -0.15) is 0 Å². The second-order valence-electron chi connectivity index (χ2n) is 5.48. The zero-order chi connectivity index (χ0) is 15.0. The van der Waals surface area contributed by atoms with E-state index >= 15 is 0 Å². The molecule has 0 spiro atoms. The molecule has 4 heteroatoms. The number of hydrogen-bond acceptors (Lipinski definition) is 2. The van der Waals surface area contributed by atoms with Crippen molar-refractivity contribution in [1.29, 1.82) is 0 Å². The first-order chi connectivity index (χ1) is 10.1. The molecule has 0 saturated carbocycles. The van der Waals surface area contributed by atoms with Crippen LogP contribution >= 0.6 is 0 Å². The van der Waals surface area contributed by atoms with E-state index in [1.165, 1.54) is 23.3 Å². The molecule has 108 valence electrons. The van der Waals surface area contributed by atoms with Crippen molar-refractivity contribution in [1.82, 2.24) is 5.32 Å². The molecule has 3 nitrogen and oxygen atoms in total. The van der Waals surface area contributed by atoms with Crippen LogP contribution in [0.2, 0.25) is 0 Å². The average Bonchev–Trinajstić information content (AvgIpc) is 2.45.